The van der Waals surface area contributed by atoms with Crippen LogP contribution in [0, 0.1) is 17.0 Å². The fourth-order valence-corrected chi connectivity index (χ4v) is 1.73. The molecule has 0 fully saturated rings. The molecule has 2 rings (SSSR count). The summed E-state index contributed by atoms with van der Waals surface area (Å²) in [6.45, 7) is 1.81. The van der Waals surface area contributed by atoms with Gasteiger partial charge < -0.3 is 10.5 Å². The van der Waals surface area contributed by atoms with Crippen molar-refractivity contribution in [3.63, 3.8) is 0 Å². The van der Waals surface area contributed by atoms with Gasteiger partial charge in [0.25, 0.3) is 0 Å². The van der Waals surface area contributed by atoms with E-state index in [2.05, 4.69) is 4.98 Å². The SMILES string of the molecule is COc1cc(N)c([N+](=O)[O-])c2ccc(C)nc12. The molecule has 0 bridgehead atoms. The normalized spacial score (nSPS) is 10.5. The molecule has 1 aromatic carbocycles. The second-order valence-corrected chi connectivity index (χ2v) is 3.62. The number of pyridine rings is 1. The van der Waals surface area contributed by atoms with Crippen molar-refractivity contribution in [3.8, 4) is 5.75 Å². The first-order chi connectivity index (χ1) is 8.04. The summed E-state index contributed by atoms with van der Waals surface area (Å²) in [6.07, 6.45) is 0. The van der Waals surface area contributed by atoms with Crippen LogP contribution in [0.3, 0.4) is 0 Å². The third-order valence-corrected chi connectivity index (χ3v) is 2.49. The van der Waals surface area contributed by atoms with Crippen LogP contribution in [0.1, 0.15) is 5.69 Å². The van der Waals surface area contributed by atoms with Crippen LogP contribution in [0.4, 0.5) is 11.4 Å². The minimum Gasteiger partial charge on any atom is -0.494 e. The summed E-state index contributed by atoms with van der Waals surface area (Å²) in [5.41, 5.74) is 6.81. The van der Waals surface area contributed by atoms with Crippen LogP contribution in [-0.4, -0.2) is 17.0 Å². The van der Waals surface area contributed by atoms with Crippen LogP contribution in [0.15, 0.2) is 18.2 Å². The average Bonchev–Trinajstić information content (AvgIpc) is 2.27. The zero-order valence-electron chi connectivity index (χ0n) is 9.43. The Kier molecular flexibility index (Phi) is 2.55. The Balaban J connectivity index is 2.93. The monoisotopic (exact) mass is 233 g/mol. The summed E-state index contributed by atoms with van der Waals surface area (Å²) in [7, 11) is 1.48. The molecule has 2 N–H and O–H groups in total. The minimum absolute atomic E-state index is 0.0741. The zero-order valence-corrected chi connectivity index (χ0v) is 9.43. The number of ether oxygens (including phenoxy) is 1. The lowest BCUT2D eigenvalue weighted by Crippen LogP contribution is -2.00. The lowest BCUT2D eigenvalue weighted by atomic mass is 10.1. The summed E-state index contributed by atoms with van der Waals surface area (Å²) in [4.78, 5) is 14.7. The van der Waals surface area contributed by atoms with Crippen molar-refractivity contribution in [1.29, 1.82) is 0 Å². The Labute approximate surface area is 97.2 Å². The van der Waals surface area contributed by atoms with Gasteiger partial charge in [0.15, 0.2) is 0 Å². The second kappa shape index (κ2) is 3.89. The van der Waals surface area contributed by atoms with E-state index >= 15 is 0 Å². The number of hydrogen-bond acceptors (Lipinski definition) is 5. The number of anilines is 1. The van der Waals surface area contributed by atoms with Gasteiger partial charge >= 0.3 is 5.69 Å². The van der Waals surface area contributed by atoms with Crippen molar-refractivity contribution in [3.05, 3.63) is 34.0 Å². The Morgan fingerprint density at radius 3 is 2.76 bits per heavy atom. The number of aromatic nitrogens is 1. The van der Waals surface area contributed by atoms with Gasteiger partial charge in [0.2, 0.25) is 0 Å². The molecule has 0 atom stereocenters. The number of fused-ring (bicyclic) bond motifs is 1. The summed E-state index contributed by atoms with van der Waals surface area (Å²) >= 11 is 0. The molecular formula is C11H11N3O3. The molecular weight excluding hydrogens is 222 g/mol. The first-order valence-electron chi connectivity index (χ1n) is 4.93. The number of benzene rings is 1. The van der Waals surface area contributed by atoms with Gasteiger partial charge in [-0.05, 0) is 19.1 Å². The van der Waals surface area contributed by atoms with Gasteiger partial charge in [-0.25, -0.2) is 4.98 Å². The van der Waals surface area contributed by atoms with Crippen molar-refractivity contribution in [2.75, 3.05) is 12.8 Å². The highest BCUT2D eigenvalue weighted by Crippen LogP contribution is 2.36. The van der Waals surface area contributed by atoms with Crippen LogP contribution in [-0.2, 0) is 0 Å². The van der Waals surface area contributed by atoms with E-state index in [1.54, 1.807) is 19.1 Å². The third kappa shape index (κ3) is 1.73. The van der Waals surface area contributed by atoms with Gasteiger partial charge in [-0.15, -0.1) is 0 Å². The number of aryl methyl sites for hydroxylation is 1. The maximum atomic E-state index is 11.0. The molecule has 0 radical (unpaired) electrons. The molecule has 0 unspecified atom stereocenters. The Bertz CT molecular complexity index is 610. The molecule has 6 nitrogen and oxygen atoms in total. The number of nitrogens with two attached hydrogens (primary N) is 1. The lowest BCUT2D eigenvalue weighted by Gasteiger charge is -2.08. The molecule has 0 aliphatic heterocycles. The van der Waals surface area contributed by atoms with Crippen molar-refractivity contribution >= 4 is 22.3 Å². The van der Waals surface area contributed by atoms with E-state index in [4.69, 9.17) is 10.5 Å². The second-order valence-electron chi connectivity index (χ2n) is 3.62. The number of hydrogen-bond donors (Lipinski definition) is 1. The molecule has 1 heterocycles. The van der Waals surface area contributed by atoms with Crippen LogP contribution in [0.5, 0.6) is 5.75 Å². The van der Waals surface area contributed by atoms with Gasteiger partial charge in [-0.3, -0.25) is 10.1 Å². The standard InChI is InChI=1S/C11H11N3O3/c1-6-3-4-7-10(13-6)9(17-2)5-8(12)11(7)14(15)16/h3-5H,12H2,1-2H3. The molecule has 0 aliphatic rings. The smallest absolute Gasteiger partial charge is 0.301 e. The molecule has 88 valence electrons. The summed E-state index contributed by atoms with van der Waals surface area (Å²) in [5, 5.41) is 11.4. The van der Waals surface area contributed by atoms with Gasteiger partial charge in [0, 0.05) is 11.8 Å². The molecule has 0 aliphatic carbocycles. The van der Waals surface area contributed by atoms with E-state index in [1.807, 2.05) is 0 Å². The van der Waals surface area contributed by atoms with Crippen LogP contribution in [0.25, 0.3) is 10.9 Å². The Hall–Kier alpha value is -2.37. The third-order valence-electron chi connectivity index (χ3n) is 2.49. The molecule has 1 aromatic heterocycles. The first-order valence-corrected chi connectivity index (χ1v) is 4.93. The number of nitro benzene ring substituents is 1. The van der Waals surface area contributed by atoms with E-state index < -0.39 is 4.92 Å². The molecule has 0 amide bonds. The van der Waals surface area contributed by atoms with E-state index in [1.165, 1.54) is 13.2 Å². The largest absolute Gasteiger partial charge is 0.494 e. The number of methoxy groups -OCH3 is 1. The van der Waals surface area contributed by atoms with Crippen LogP contribution < -0.4 is 10.5 Å². The van der Waals surface area contributed by atoms with Gasteiger partial charge in [-0.1, -0.05) is 0 Å². The predicted molar refractivity (Wildman–Crippen MR) is 64.1 cm³/mol. The first kappa shape index (κ1) is 11.1. The molecule has 0 spiro atoms. The Morgan fingerprint density at radius 2 is 2.18 bits per heavy atom. The maximum absolute atomic E-state index is 11.0. The number of rotatable bonds is 2. The van der Waals surface area contributed by atoms with E-state index in [0.717, 1.165) is 5.69 Å². The van der Waals surface area contributed by atoms with E-state index in [-0.39, 0.29) is 11.4 Å². The molecule has 2 aromatic rings. The van der Waals surface area contributed by atoms with E-state index in [9.17, 15) is 10.1 Å². The van der Waals surface area contributed by atoms with E-state index in [0.29, 0.717) is 16.7 Å². The summed E-state index contributed by atoms with van der Waals surface area (Å²) < 4.78 is 5.13. The predicted octanol–water partition coefficient (Wildman–Crippen LogP) is 2.04. The highest BCUT2D eigenvalue weighted by Gasteiger charge is 2.20. The maximum Gasteiger partial charge on any atom is 0.301 e. The lowest BCUT2D eigenvalue weighted by molar-refractivity contribution is -0.382. The van der Waals surface area contributed by atoms with Crippen molar-refractivity contribution in [1.82, 2.24) is 4.98 Å². The summed E-state index contributed by atoms with van der Waals surface area (Å²) in [5.74, 6) is 0.437. The van der Waals surface area contributed by atoms with Crippen molar-refractivity contribution in [2.45, 2.75) is 6.92 Å². The fraction of sp³-hybridized carbons (Fsp3) is 0.182. The van der Waals surface area contributed by atoms with Crippen LogP contribution in [0.2, 0.25) is 0 Å². The highest BCUT2D eigenvalue weighted by molar-refractivity contribution is 5.97. The number of nitro groups is 1. The topological polar surface area (TPSA) is 91.3 Å². The molecule has 0 saturated carbocycles. The average molecular weight is 233 g/mol. The van der Waals surface area contributed by atoms with Crippen LogP contribution >= 0.6 is 0 Å². The van der Waals surface area contributed by atoms with Gasteiger partial charge in [0.1, 0.15) is 17.0 Å². The molecule has 17 heavy (non-hydrogen) atoms. The summed E-state index contributed by atoms with van der Waals surface area (Å²) in [6, 6.07) is 4.76. The number of nitrogens with zero attached hydrogens (tertiary/aromatic N) is 2. The molecule has 6 heteroatoms. The highest BCUT2D eigenvalue weighted by atomic mass is 16.6. The van der Waals surface area contributed by atoms with Gasteiger partial charge in [-0.2, -0.15) is 0 Å². The quantitative estimate of drug-likeness (QED) is 0.487. The number of nitrogen functional groups attached to an aromatic ring is 1. The van der Waals surface area contributed by atoms with Crippen molar-refractivity contribution < 1.29 is 9.66 Å². The minimum atomic E-state index is -0.506. The zero-order chi connectivity index (χ0) is 12.6. The van der Waals surface area contributed by atoms with Gasteiger partial charge in [0.05, 0.1) is 17.4 Å². The Morgan fingerprint density at radius 1 is 1.47 bits per heavy atom. The fourth-order valence-electron chi connectivity index (χ4n) is 1.73. The molecule has 0 saturated heterocycles. The van der Waals surface area contributed by atoms with Crippen molar-refractivity contribution in [2.24, 2.45) is 0 Å².